The zero-order valence-corrected chi connectivity index (χ0v) is 18.5. The minimum Gasteiger partial charge on any atom is -0.493 e. The Labute approximate surface area is 183 Å². The van der Waals surface area contributed by atoms with E-state index < -0.39 is 5.91 Å². The van der Waals surface area contributed by atoms with E-state index in [-0.39, 0.29) is 6.61 Å². The number of rotatable bonds is 9. The van der Waals surface area contributed by atoms with Crippen molar-refractivity contribution >= 4 is 40.1 Å². The molecular weight excluding hydrogens is 487 g/mol. The third kappa shape index (κ3) is 5.77. The van der Waals surface area contributed by atoms with E-state index in [1.54, 1.807) is 44.6 Å². The highest BCUT2D eigenvalue weighted by molar-refractivity contribution is 14.1. The standard InChI is InChI=1S/C21H21IN2O5/c1-4-28-19-9-13(8-16(22)21(19)29-12-20(24)25)7-15(11-23)14-5-6-17(26-2)18(10-14)27-3/h5-10H,4,12H2,1-3H3,(H2,24,25)/b15-7+. The van der Waals surface area contributed by atoms with Gasteiger partial charge in [-0.2, -0.15) is 5.26 Å². The van der Waals surface area contributed by atoms with Gasteiger partial charge in [-0.3, -0.25) is 4.79 Å². The lowest BCUT2D eigenvalue weighted by Crippen LogP contribution is -2.20. The van der Waals surface area contributed by atoms with E-state index in [0.717, 1.165) is 9.13 Å². The summed E-state index contributed by atoms with van der Waals surface area (Å²) in [7, 11) is 3.09. The molecule has 7 nitrogen and oxygen atoms in total. The van der Waals surface area contributed by atoms with Crippen molar-refractivity contribution in [3.05, 3.63) is 45.0 Å². The van der Waals surface area contributed by atoms with Crippen LogP contribution in [0.5, 0.6) is 23.0 Å². The first-order chi connectivity index (χ1) is 13.9. The van der Waals surface area contributed by atoms with Crippen LogP contribution in [0.3, 0.4) is 0 Å². The van der Waals surface area contributed by atoms with Crippen molar-refractivity contribution in [2.24, 2.45) is 5.73 Å². The summed E-state index contributed by atoms with van der Waals surface area (Å²) in [5.41, 5.74) is 7.04. The van der Waals surface area contributed by atoms with Crippen molar-refractivity contribution in [1.29, 1.82) is 5.26 Å². The normalized spacial score (nSPS) is 10.8. The molecule has 2 N–H and O–H groups in total. The van der Waals surface area contributed by atoms with Crippen LogP contribution in [0.15, 0.2) is 30.3 Å². The van der Waals surface area contributed by atoms with E-state index in [1.165, 1.54) is 0 Å². The number of benzene rings is 2. The molecule has 0 bridgehead atoms. The Bertz CT molecular complexity index is 966. The maximum atomic E-state index is 11.0. The van der Waals surface area contributed by atoms with Crippen LogP contribution in [-0.2, 0) is 4.79 Å². The highest BCUT2D eigenvalue weighted by atomic mass is 127. The number of allylic oxidation sites excluding steroid dienone is 1. The zero-order valence-electron chi connectivity index (χ0n) is 16.3. The van der Waals surface area contributed by atoms with Gasteiger partial charge in [-0.05, 0) is 77.0 Å². The van der Waals surface area contributed by atoms with Gasteiger partial charge in [0.2, 0.25) is 0 Å². The summed E-state index contributed by atoms with van der Waals surface area (Å²) >= 11 is 2.09. The Hall–Kier alpha value is -2.93. The minimum atomic E-state index is -0.576. The van der Waals surface area contributed by atoms with E-state index in [1.807, 2.05) is 13.0 Å². The van der Waals surface area contributed by atoms with Crippen LogP contribution in [0.4, 0.5) is 0 Å². The summed E-state index contributed by atoms with van der Waals surface area (Å²) < 4.78 is 22.4. The van der Waals surface area contributed by atoms with Crippen LogP contribution < -0.4 is 24.7 Å². The van der Waals surface area contributed by atoms with Crippen LogP contribution in [0.1, 0.15) is 18.1 Å². The highest BCUT2D eigenvalue weighted by Gasteiger charge is 2.14. The fraction of sp³-hybridized carbons (Fsp3) is 0.238. The van der Waals surface area contributed by atoms with Crippen molar-refractivity contribution in [2.75, 3.05) is 27.4 Å². The lowest BCUT2D eigenvalue weighted by Gasteiger charge is -2.14. The quantitative estimate of drug-likeness (QED) is 0.315. The van der Waals surface area contributed by atoms with Gasteiger partial charge < -0.3 is 24.7 Å². The first kappa shape index (κ1) is 22.4. The molecule has 0 aromatic heterocycles. The van der Waals surface area contributed by atoms with Crippen LogP contribution in [0, 0.1) is 14.9 Å². The summed E-state index contributed by atoms with van der Waals surface area (Å²) in [5.74, 6) is 1.44. The van der Waals surface area contributed by atoms with Gasteiger partial charge in [0.15, 0.2) is 29.6 Å². The first-order valence-electron chi connectivity index (χ1n) is 8.65. The average Bonchev–Trinajstić information content (AvgIpc) is 2.70. The minimum absolute atomic E-state index is 0.250. The Morgan fingerprint density at radius 2 is 1.86 bits per heavy atom. The van der Waals surface area contributed by atoms with Crippen LogP contribution in [0.25, 0.3) is 11.6 Å². The van der Waals surface area contributed by atoms with Crippen molar-refractivity contribution < 1.29 is 23.7 Å². The fourth-order valence-corrected chi connectivity index (χ4v) is 3.35. The van der Waals surface area contributed by atoms with E-state index in [2.05, 4.69) is 28.7 Å². The molecule has 0 heterocycles. The second-order valence-corrected chi connectivity index (χ2v) is 6.92. The summed E-state index contributed by atoms with van der Waals surface area (Å²) in [5, 5.41) is 9.67. The molecule has 0 aliphatic rings. The maximum absolute atomic E-state index is 11.0. The molecule has 0 saturated heterocycles. The number of primary amides is 1. The third-order valence-electron chi connectivity index (χ3n) is 3.82. The largest absolute Gasteiger partial charge is 0.493 e. The lowest BCUT2D eigenvalue weighted by molar-refractivity contribution is -0.119. The summed E-state index contributed by atoms with van der Waals surface area (Å²) in [6.45, 7) is 2.01. The molecule has 0 aliphatic carbocycles. The molecule has 0 aliphatic heterocycles. The molecule has 0 radical (unpaired) electrons. The number of nitrogens with two attached hydrogens (primary N) is 1. The van der Waals surface area contributed by atoms with E-state index in [0.29, 0.717) is 40.7 Å². The first-order valence-corrected chi connectivity index (χ1v) is 9.73. The topological polar surface area (TPSA) is 104 Å². The van der Waals surface area contributed by atoms with Gasteiger partial charge in [0, 0.05) is 0 Å². The molecule has 2 aromatic rings. The Morgan fingerprint density at radius 3 is 2.45 bits per heavy atom. The van der Waals surface area contributed by atoms with E-state index in [9.17, 15) is 10.1 Å². The number of nitrogens with zero attached hydrogens (tertiary/aromatic N) is 1. The number of methoxy groups -OCH3 is 2. The Morgan fingerprint density at radius 1 is 1.14 bits per heavy atom. The summed E-state index contributed by atoms with van der Waals surface area (Å²) in [6.07, 6.45) is 1.74. The van der Waals surface area contributed by atoms with Crippen molar-refractivity contribution in [2.45, 2.75) is 6.92 Å². The number of hydrogen-bond acceptors (Lipinski definition) is 6. The Balaban J connectivity index is 2.48. The zero-order chi connectivity index (χ0) is 21.4. The molecule has 0 unspecified atom stereocenters. The van der Waals surface area contributed by atoms with Gasteiger partial charge in [0.1, 0.15) is 0 Å². The van der Waals surface area contributed by atoms with Crippen LogP contribution in [-0.4, -0.2) is 33.3 Å². The van der Waals surface area contributed by atoms with E-state index >= 15 is 0 Å². The van der Waals surface area contributed by atoms with Crippen molar-refractivity contribution in [1.82, 2.24) is 0 Å². The number of nitriles is 1. The van der Waals surface area contributed by atoms with Gasteiger partial charge in [-0.25, -0.2) is 0 Å². The van der Waals surface area contributed by atoms with Crippen molar-refractivity contribution in [3.8, 4) is 29.1 Å². The molecule has 2 rings (SSSR count). The van der Waals surface area contributed by atoms with Crippen molar-refractivity contribution in [3.63, 3.8) is 0 Å². The molecule has 2 aromatic carbocycles. The smallest absolute Gasteiger partial charge is 0.255 e. The number of halogens is 1. The van der Waals surface area contributed by atoms with Gasteiger partial charge in [-0.1, -0.05) is 0 Å². The second kappa shape index (κ2) is 10.6. The Kier molecular flexibility index (Phi) is 8.15. The van der Waals surface area contributed by atoms with Gasteiger partial charge >= 0.3 is 0 Å². The van der Waals surface area contributed by atoms with E-state index in [4.69, 9.17) is 24.7 Å². The number of amides is 1. The van der Waals surface area contributed by atoms with Crippen LogP contribution in [0.2, 0.25) is 0 Å². The predicted molar refractivity (Wildman–Crippen MR) is 118 cm³/mol. The SMILES string of the molecule is CCOc1cc(/C=C(\C#N)c2ccc(OC)c(OC)c2)cc(I)c1OCC(N)=O. The molecule has 152 valence electrons. The molecule has 0 saturated carbocycles. The molecule has 29 heavy (non-hydrogen) atoms. The van der Waals surface area contributed by atoms with Gasteiger partial charge in [-0.15, -0.1) is 0 Å². The second-order valence-electron chi connectivity index (χ2n) is 5.76. The molecular formula is C21H21IN2O5. The lowest BCUT2D eigenvalue weighted by atomic mass is 10.0. The number of carbonyl (C=O) groups is 1. The highest BCUT2D eigenvalue weighted by Crippen LogP contribution is 2.36. The van der Waals surface area contributed by atoms with Gasteiger partial charge in [0.05, 0.1) is 36.0 Å². The number of ether oxygens (including phenoxy) is 4. The number of carbonyl (C=O) groups excluding carboxylic acids is 1. The molecule has 1 amide bonds. The maximum Gasteiger partial charge on any atom is 0.255 e. The fourth-order valence-electron chi connectivity index (χ4n) is 2.57. The predicted octanol–water partition coefficient (Wildman–Crippen LogP) is 3.64. The average molecular weight is 508 g/mol. The summed E-state index contributed by atoms with van der Waals surface area (Å²) in [6, 6.07) is 11.1. The molecule has 0 atom stereocenters. The molecule has 0 spiro atoms. The third-order valence-corrected chi connectivity index (χ3v) is 4.62. The molecule has 8 heteroatoms. The summed E-state index contributed by atoms with van der Waals surface area (Å²) in [4.78, 5) is 11.0. The van der Waals surface area contributed by atoms with Crippen LogP contribution >= 0.6 is 22.6 Å². The monoisotopic (exact) mass is 508 g/mol. The van der Waals surface area contributed by atoms with Gasteiger partial charge in [0.25, 0.3) is 5.91 Å². The molecule has 0 fully saturated rings. The number of hydrogen-bond donors (Lipinski definition) is 1.